The standard InChI is InChI=1S/C19H25N3O3S/c1-2-13-6-3-4-10-21(13)16(23)12-22-17(24)19(20-18(22)25)9-5-7-15-14(19)8-11-26-15/h8,11,13H,2-7,9-10,12H2,1H3,(H,20,25)/t13-,19+/m0/s1. The third-order valence-corrected chi connectivity index (χ3v) is 7.03. The Hall–Kier alpha value is -1.89. The highest BCUT2D eigenvalue weighted by Gasteiger charge is 2.54. The summed E-state index contributed by atoms with van der Waals surface area (Å²) >= 11 is 1.63. The van der Waals surface area contributed by atoms with E-state index in [2.05, 4.69) is 12.2 Å². The van der Waals surface area contributed by atoms with Gasteiger partial charge < -0.3 is 10.2 Å². The van der Waals surface area contributed by atoms with Gasteiger partial charge in [-0.15, -0.1) is 11.3 Å². The summed E-state index contributed by atoms with van der Waals surface area (Å²) in [4.78, 5) is 42.8. The quantitative estimate of drug-likeness (QED) is 0.826. The van der Waals surface area contributed by atoms with Crippen molar-refractivity contribution in [3.05, 3.63) is 21.9 Å². The van der Waals surface area contributed by atoms with Gasteiger partial charge in [-0.1, -0.05) is 6.92 Å². The van der Waals surface area contributed by atoms with Crippen molar-refractivity contribution in [2.45, 2.75) is 63.5 Å². The molecule has 1 N–H and O–H groups in total. The fourth-order valence-electron chi connectivity index (χ4n) is 4.66. The molecule has 0 aromatic carbocycles. The Morgan fingerprint density at radius 1 is 1.35 bits per heavy atom. The number of aryl methyl sites for hydroxylation is 1. The maximum Gasteiger partial charge on any atom is 0.325 e. The second-order valence-corrected chi connectivity index (χ2v) is 8.48. The van der Waals surface area contributed by atoms with Gasteiger partial charge in [0.25, 0.3) is 5.91 Å². The van der Waals surface area contributed by atoms with Gasteiger partial charge in [-0.05, 0) is 56.4 Å². The highest BCUT2D eigenvalue weighted by atomic mass is 32.1. The van der Waals surface area contributed by atoms with Crippen molar-refractivity contribution in [3.63, 3.8) is 0 Å². The zero-order chi connectivity index (χ0) is 18.3. The van der Waals surface area contributed by atoms with E-state index in [1.807, 2.05) is 16.3 Å². The molecule has 0 radical (unpaired) electrons. The molecule has 3 aliphatic rings. The van der Waals surface area contributed by atoms with Crippen molar-refractivity contribution in [2.75, 3.05) is 13.1 Å². The summed E-state index contributed by atoms with van der Waals surface area (Å²) in [6, 6.07) is 1.73. The summed E-state index contributed by atoms with van der Waals surface area (Å²) in [6.45, 7) is 2.66. The molecule has 0 saturated carbocycles. The zero-order valence-corrected chi connectivity index (χ0v) is 15.9. The Labute approximate surface area is 157 Å². The van der Waals surface area contributed by atoms with Gasteiger partial charge in [0.05, 0.1) is 0 Å². The number of hydrogen-bond acceptors (Lipinski definition) is 4. The highest BCUT2D eigenvalue weighted by molar-refractivity contribution is 7.10. The average Bonchev–Trinajstić information content (AvgIpc) is 3.22. The Balaban J connectivity index is 1.55. The van der Waals surface area contributed by atoms with Crippen molar-refractivity contribution in [1.29, 1.82) is 0 Å². The molecule has 1 spiro atoms. The first kappa shape index (κ1) is 17.5. The Morgan fingerprint density at radius 3 is 3.00 bits per heavy atom. The normalized spacial score (nSPS) is 28.4. The van der Waals surface area contributed by atoms with E-state index in [0.717, 1.165) is 55.5 Å². The van der Waals surface area contributed by atoms with E-state index in [1.54, 1.807) is 11.3 Å². The lowest BCUT2D eigenvalue weighted by atomic mass is 9.80. The molecule has 1 aromatic rings. The molecule has 2 aliphatic heterocycles. The number of hydrogen-bond donors (Lipinski definition) is 1. The van der Waals surface area contributed by atoms with Gasteiger partial charge in [0.15, 0.2) is 0 Å². The molecular formula is C19H25N3O3S. The lowest BCUT2D eigenvalue weighted by Crippen LogP contribution is -2.50. The molecule has 3 heterocycles. The molecule has 0 unspecified atom stereocenters. The van der Waals surface area contributed by atoms with Crippen LogP contribution >= 0.6 is 11.3 Å². The number of rotatable bonds is 3. The number of imide groups is 1. The van der Waals surface area contributed by atoms with Crippen LogP contribution in [0.25, 0.3) is 0 Å². The monoisotopic (exact) mass is 375 g/mol. The van der Waals surface area contributed by atoms with E-state index in [4.69, 9.17) is 0 Å². The number of nitrogens with zero attached hydrogens (tertiary/aromatic N) is 2. The second kappa shape index (κ2) is 6.68. The number of amides is 4. The van der Waals surface area contributed by atoms with E-state index in [1.165, 1.54) is 4.88 Å². The molecule has 140 valence electrons. The first-order valence-corrected chi connectivity index (χ1v) is 10.4. The molecule has 2 saturated heterocycles. The maximum absolute atomic E-state index is 13.2. The molecule has 6 nitrogen and oxygen atoms in total. The molecule has 1 aliphatic carbocycles. The van der Waals surface area contributed by atoms with Gasteiger partial charge in [-0.25, -0.2) is 4.79 Å². The van der Waals surface area contributed by atoms with Crippen molar-refractivity contribution < 1.29 is 14.4 Å². The van der Waals surface area contributed by atoms with Crippen molar-refractivity contribution in [1.82, 2.24) is 15.1 Å². The molecular weight excluding hydrogens is 350 g/mol. The number of piperidine rings is 1. The SMILES string of the molecule is CC[C@H]1CCCCN1C(=O)CN1C(=O)N[C@@]2(CCCc3sccc32)C1=O. The fourth-order valence-corrected chi connectivity index (χ4v) is 5.66. The van der Waals surface area contributed by atoms with Crippen LogP contribution in [-0.4, -0.2) is 46.8 Å². The second-order valence-electron chi connectivity index (χ2n) is 7.48. The van der Waals surface area contributed by atoms with Crippen LogP contribution in [-0.2, 0) is 21.5 Å². The fraction of sp³-hybridized carbons (Fsp3) is 0.632. The lowest BCUT2D eigenvalue weighted by Gasteiger charge is -2.36. The van der Waals surface area contributed by atoms with Gasteiger partial charge in [0.2, 0.25) is 5.91 Å². The molecule has 2 atom stereocenters. The Morgan fingerprint density at radius 2 is 2.19 bits per heavy atom. The molecule has 4 amide bonds. The van der Waals surface area contributed by atoms with Crippen molar-refractivity contribution in [3.8, 4) is 0 Å². The number of nitrogens with one attached hydrogen (secondary N) is 1. The van der Waals surface area contributed by atoms with E-state index < -0.39 is 11.6 Å². The van der Waals surface area contributed by atoms with E-state index >= 15 is 0 Å². The molecule has 1 aromatic heterocycles. The van der Waals surface area contributed by atoms with Crippen LogP contribution in [0.15, 0.2) is 11.4 Å². The maximum atomic E-state index is 13.2. The zero-order valence-electron chi connectivity index (χ0n) is 15.1. The van der Waals surface area contributed by atoms with Crippen LogP contribution in [0.1, 0.15) is 55.9 Å². The Bertz CT molecular complexity index is 746. The molecule has 0 bridgehead atoms. The molecule has 7 heteroatoms. The number of thiophene rings is 1. The number of carbonyl (C=O) groups is 3. The number of urea groups is 1. The van der Waals surface area contributed by atoms with E-state index in [9.17, 15) is 14.4 Å². The van der Waals surface area contributed by atoms with Crippen LogP contribution in [0.2, 0.25) is 0 Å². The Kier molecular flexibility index (Phi) is 4.50. The summed E-state index contributed by atoms with van der Waals surface area (Å²) in [5, 5.41) is 4.90. The minimum absolute atomic E-state index is 0.113. The van der Waals surface area contributed by atoms with E-state index in [-0.39, 0.29) is 24.4 Å². The average molecular weight is 375 g/mol. The van der Waals surface area contributed by atoms with Gasteiger partial charge >= 0.3 is 6.03 Å². The van der Waals surface area contributed by atoms with Gasteiger partial charge in [0, 0.05) is 23.0 Å². The van der Waals surface area contributed by atoms with Gasteiger partial charge in [0.1, 0.15) is 12.1 Å². The molecule has 2 fully saturated rings. The minimum atomic E-state index is -0.961. The van der Waals surface area contributed by atoms with Crippen LogP contribution in [0.4, 0.5) is 4.79 Å². The topological polar surface area (TPSA) is 69.7 Å². The summed E-state index contributed by atoms with van der Waals surface area (Å²) < 4.78 is 0. The summed E-state index contributed by atoms with van der Waals surface area (Å²) in [5.74, 6) is -0.376. The van der Waals surface area contributed by atoms with Crippen LogP contribution in [0.5, 0.6) is 0 Å². The van der Waals surface area contributed by atoms with Gasteiger partial charge in [-0.2, -0.15) is 0 Å². The smallest absolute Gasteiger partial charge is 0.325 e. The van der Waals surface area contributed by atoms with Crippen LogP contribution < -0.4 is 5.32 Å². The molecule has 4 rings (SSSR count). The van der Waals surface area contributed by atoms with Crippen LogP contribution in [0.3, 0.4) is 0 Å². The predicted molar refractivity (Wildman–Crippen MR) is 98.8 cm³/mol. The van der Waals surface area contributed by atoms with E-state index in [0.29, 0.717) is 6.42 Å². The highest BCUT2D eigenvalue weighted by Crippen LogP contribution is 2.42. The minimum Gasteiger partial charge on any atom is -0.338 e. The summed E-state index contributed by atoms with van der Waals surface area (Å²) in [5.41, 5.74) is -0.0387. The number of likely N-dealkylation sites (tertiary alicyclic amines) is 1. The number of fused-ring (bicyclic) bond motifs is 2. The van der Waals surface area contributed by atoms with Crippen LogP contribution in [0, 0.1) is 0 Å². The third-order valence-electron chi connectivity index (χ3n) is 6.05. The summed E-state index contributed by atoms with van der Waals surface area (Å²) in [7, 11) is 0. The third kappa shape index (κ3) is 2.64. The van der Waals surface area contributed by atoms with Crippen molar-refractivity contribution in [2.24, 2.45) is 0 Å². The van der Waals surface area contributed by atoms with Crippen molar-refractivity contribution >= 4 is 29.2 Å². The molecule has 26 heavy (non-hydrogen) atoms. The predicted octanol–water partition coefficient (Wildman–Crippen LogP) is 2.62. The first-order valence-electron chi connectivity index (χ1n) is 9.57. The number of carbonyl (C=O) groups excluding carboxylic acids is 3. The summed E-state index contributed by atoms with van der Waals surface area (Å²) in [6.07, 6.45) is 6.46. The first-order chi connectivity index (χ1) is 12.6. The largest absolute Gasteiger partial charge is 0.338 e. The van der Waals surface area contributed by atoms with Gasteiger partial charge in [-0.3, -0.25) is 14.5 Å². The lowest BCUT2D eigenvalue weighted by molar-refractivity contribution is -0.141.